The van der Waals surface area contributed by atoms with Gasteiger partial charge in [-0.2, -0.15) is 0 Å². The predicted octanol–water partition coefficient (Wildman–Crippen LogP) is 3.87. The Morgan fingerprint density at radius 2 is 2.00 bits per heavy atom. The van der Waals surface area contributed by atoms with Gasteiger partial charge in [0.1, 0.15) is 11.6 Å². The lowest BCUT2D eigenvalue weighted by Gasteiger charge is -2.38. The Kier molecular flexibility index (Phi) is 7.88. The number of aryl methyl sites for hydroxylation is 1. The van der Waals surface area contributed by atoms with E-state index in [0.717, 1.165) is 43.6 Å². The van der Waals surface area contributed by atoms with Crippen molar-refractivity contribution in [2.24, 2.45) is 5.92 Å². The summed E-state index contributed by atoms with van der Waals surface area (Å²) in [5, 5.41) is 0. The molecular formula is C26H33FN4O3. The number of methoxy groups -OCH3 is 1. The topological polar surface area (TPSA) is 75.6 Å². The van der Waals surface area contributed by atoms with Gasteiger partial charge in [0.25, 0.3) is 0 Å². The lowest BCUT2D eigenvalue weighted by molar-refractivity contribution is -0.128. The molecular weight excluding hydrogens is 435 g/mol. The van der Waals surface area contributed by atoms with E-state index in [4.69, 9.17) is 4.74 Å². The maximum absolute atomic E-state index is 15.3. The molecule has 8 heteroatoms. The number of ether oxygens (including phenoxy) is 1. The average Bonchev–Trinajstić information content (AvgIpc) is 2.83. The number of carbonyl (C=O) groups excluding carboxylic acids is 2. The van der Waals surface area contributed by atoms with Gasteiger partial charge in [0.15, 0.2) is 0 Å². The maximum Gasteiger partial charge on any atom is 0.230 e. The fraction of sp³-hybridized carbons (Fsp3) is 0.538. The summed E-state index contributed by atoms with van der Waals surface area (Å²) in [6.45, 7) is 3.77. The number of piperidine rings is 2. The summed E-state index contributed by atoms with van der Waals surface area (Å²) in [7, 11) is 1.69. The number of anilines is 2. The highest BCUT2D eigenvalue weighted by Crippen LogP contribution is 2.33. The van der Waals surface area contributed by atoms with Crippen LogP contribution in [0.15, 0.2) is 30.6 Å². The molecule has 1 aromatic heterocycles. The SMILES string of the molecule is COCC1CCCCN1c1ccc(N2CCC[C@@H](CC(=O)Cc3cnc(C)cn3)C2=O)c(F)c1. The number of aromatic nitrogens is 2. The van der Waals surface area contributed by atoms with Crippen molar-refractivity contribution >= 4 is 23.1 Å². The molecule has 1 amide bonds. The van der Waals surface area contributed by atoms with E-state index in [-0.39, 0.29) is 36.3 Å². The summed E-state index contributed by atoms with van der Waals surface area (Å²) >= 11 is 0. The van der Waals surface area contributed by atoms with Crippen molar-refractivity contribution in [2.75, 3.05) is 36.6 Å². The fourth-order valence-electron chi connectivity index (χ4n) is 5.04. The minimum absolute atomic E-state index is 0.0524. The van der Waals surface area contributed by atoms with Crippen LogP contribution in [0, 0.1) is 18.7 Å². The second-order valence-corrected chi connectivity index (χ2v) is 9.33. The Hall–Kier alpha value is -2.87. The summed E-state index contributed by atoms with van der Waals surface area (Å²) in [6, 6.07) is 5.35. The van der Waals surface area contributed by atoms with Crippen molar-refractivity contribution in [2.45, 2.75) is 57.9 Å². The monoisotopic (exact) mass is 468 g/mol. The molecule has 2 fully saturated rings. The largest absolute Gasteiger partial charge is 0.383 e. The van der Waals surface area contributed by atoms with Crippen LogP contribution in [0.3, 0.4) is 0 Å². The van der Waals surface area contributed by atoms with Gasteiger partial charge < -0.3 is 14.5 Å². The quantitative estimate of drug-likeness (QED) is 0.585. The van der Waals surface area contributed by atoms with E-state index in [9.17, 15) is 9.59 Å². The standard InChI is InChI=1S/C26H33FN4O3/c1-18-15-29-20(16-28-18)13-23(32)12-19-6-5-11-31(26(19)33)25-9-8-21(14-24(25)27)30-10-4-3-7-22(30)17-34-2/h8-9,14-16,19,22H,3-7,10-13,17H2,1-2H3/t19-,22?/m0/s1. The van der Waals surface area contributed by atoms with Crippen molar-refractivity contribution in [3.8, 4) is 0 Å². The number of hydrogen-bond donors (Lipinski definition) is 0. The molecule has 3 heterocycles. The first-order valence-electron chi connectivity index (χ1n) is 12.1. The summed E-state index contributed by atoms with van der Waals surface area (Å²) in [5.41, 5.74) is 2.49. The smallest absolute Gasteiger partial charge is 0.230 e. The van der Waals surface area contributed by atoms with Crippen molar-refractivity contribution in [1.82, 2.24) is 9.97 Å². The predicted molar refractivity (Wildman–Crippen MR) is 128 cm³/mol. The van der Waals surface area contributed by atoms with E-state index in [1.807, 2.05) is 13.0 Å². The Balaban J connectivity index is 1.43. The summed E-state index contributed by atoms with van der Waals surface area (Å²) in [4.78, 5) is 37.9. The third-order valence-corrected chi connectivity index (χ3v) is 6.78. The number of halogens is 1. The van der Waals surface area contributed by atoms with E-state index in [1.54, 1.807) is 25.6 Å². The molecule has 0 saturated carbocycles. The minimum Gasteiger partial charge on any atom is -0.383 e. The van der Waals surface area contributed by atoms with Crippen molar-refractivity contribution in [1.29, 1.82) is 0 Å². The van der Waals surface area contributed by atoms with E-state index < -0.39 is 11.7 Å². The van der Waals surface area contributed by atoms with Crippen LogP contribution < -0.4 is 9.80 Å². The molecule has 34 heavy (non-hydrogen) atoms. The maximum atomic E-state index is 15.3. The average molecular weight is 469 g/mol. The molecule has 2 saturated heterocycles. The molecule has 1 unspecified atom stereocenters. The van der Waals surface area contributed by atoms with Crippen LogP contribution in [0.5, 0.6) is 0 Å². The third-order valence-electron chi connectivity index (χ3n) is 6.78. The van der Waals surface area contributed by atoms with E-state index in [0.29, 0.717) is 25.3 Å². The third kappa shape index (κ3) is 5.60. The summed E-state index contributed by atoms with van der Waals surface area (Å²) in [5.74, 6) is -1.08. The number of nitrogens with zero attached hydrogens (tertiary/aromatic N) is 4. The Morgan fingerprint density at radius 3 is 2.74 bits per heavy atom. The molecule has 4 rings (SSSR count). The van der Waals surface area contributed by atoms with Gasteiger partial charge in [0.2, 0.25) is 5.91 Å². The zero-order chi connectivity index (χ0) is 24.1. The first-order chi connectivity index (χ1) is 16.5. The highest BCUT2D eigenvalue weighted by atomic mass is 19.1. The fourth-order valence-corrected chi connectivity index (χ4v) is 5.04. The zero-order valence-electron chi connectivity index (χ0n) is 20.0. The molecule has 0 spiro atoms. The lowest BCUT2D eigenvalue weighted by Crippen LogP contribution is -2.43. The highest BCUT2D eigenvalue weighted by molar-refractivity contribution is 5.98. The van der Waals surface area contributed by atoms with Gasteiger partial charge in [-0.15, -0.1) is 0 Å². The van der Waals surface area contributed by atoms with Gasteiger partial charge in [-0.1, -0.05) is 0 Å². The van der Waals surface area contributed by atoms with E-state index in [2.05, 4.69) is 14.9 Å². The van der Waals surface area contributed by atoms with Crippen LogP contribution >= 0.6 is 0 Å². The molecule has 2 aromatic rings. The molecule has 2 atom stereocenters. The normalized spacial score (nSPS) is 21.1. The molecule has 7 nitrogen and oxygen atoms in total. The molecule has 0 radical (unpaired) electrons. The Morgan fingerprint density at radius 1 is 1.15 bits per heavy atom. The molecule has 0 N–H and O–H groups in total. The van der Waals surface area contributed by atoms with Crippen molar-refractivity contribution < 1.29 is 18.7 Å². The van der Waals surface area contributed by atoms with Crippen LogP contribution in [0.1, 0.15) is 49.9 Å². The molecule has 2 aliphatic heterocycles. The van der Waals surface area contributed by atoms with Crippen molar-refractivity contribution in [3.05, 3.63) is 47.8 Å². The minimum atomic E-state index is -0.438. The van der Waals surface area contributed by atoms with Crippen LogP contribution in [0.4, 0.5) is 15.8 Å². The van der Waals surface area contributed by atoms with Gasteiger partial charge in [0.05, 0.1) is 36.1 Å². The number of Topliss-reactive ketones (excluding diaryl/α,β-unsaturated/α-hetero) is 1. The van der Waals surface area contributed by atoms with Crippen LogP contribution in [-0.4, -0.2) is 54.5 Å². The number of hydrogen-bond acceptors (Lipinski definition) is 6. The first kappa shape index (κ1) is 24.3. The molecule has 0 aliphatic carbocycles. The number of benzene rings is 1. The van der Waals surface area contributed by atoms with Gasteiger partial charge in [0, 0.05) is 50.6 Å². The van der Waals surface area contributed by atoms with Gasteiger partial charge >= 0.3 is 0 Å². The second kappa shape index (κ2) is 11.0. The zero-order valence-corrected chi connectivity index (χ0v) is 20.0. The number of carbonyl (C=O) groups is 2. The number of amides is 1. The van der Waals surface area contributed by atoms with Gasteiger partial charge in [-0.05, 0) is 57.2 Å². The molecule has 2 aliphatic rings. The van der Waals surface area contributed by atoms with Crippen LogP contribution in [-0.2, 0) is 20.7 Å². The van der Waals surface area contributed by atoms with Crippen LogP contribution in [0.25, 0.3) is 0 Å². The molecule has 0 bridgehead atoms. The van der Waals surface area contributed by atoms with Gasteiger partial charge in [-0.25, -0.2) is 4.39 Å². The van der Waals surface area contributed by atoms with E-state index in [1.165, 1.54) is 11.0 Å². The van der Waals surface area contributed by atoms with Crippen LogP contribution in [0.2, 0.25) is 0 Å². The first-order valence-corrected chi connectivity index (χ1v) is 12.1. The number of rotatable bonds is 8. The summed E-state index contributed by atoms with van der Waals surface area (Å²) < 4.78 is 20.6. The second-order valence-electron chi connectivity index (χ2n) is 9.33. The van der Waals surface area contributed by atoms with E-state index >= 15 is 4.39 Å². The highest BCUT2D eigenvalue weighted by Gasteiger charge is 2.33. The van der Waals surface area contributed by atoms with Crippen molar-refractivity contribution in [3.63, 3.8) is 0 Å². The molecule has 182 valence electrons. The lowest BCUT2D eigenvalue weighted by atomic mass is 9.90. The summed E-state index contributed by atoms with van der Waals surface area (Å²) in [6.07, 6.45) is 8.11. The van der Waals surface area contributed by atoms with Gasteiger partial charge in [-0.3, -0.25) is 19.6 Å². The molecule has 1 aromatic carbocycles. The number of ketones is 1. The Bertz CT molecular complexity index is 1010. The Labute approximate surface area is 200 Å².